The number of guanidine groups is 1. The highest BCUT2D eigenvalue weighted by atomic mass is 127. The number of hydrogen-bond acceptors (Lipinski definition) is 3. The van der Waals surface area contributed by atoms with Crippen LogP contribution in [0.25, 0.3) is 0 Å². The lowest BCUT2D eigenvalue weighted by Gasteiger charge is -2.15. The quantitative estimate of drug-likeness (QED) is 0.386. The van der Waals surface area contributed by atoms with Crippen LogP contribution in [0.1, 0.15) is 11.7 Å². The van der Waals surface area contributed by atoms with Gasteiger partial charge in [-0.15, -0.1) is 24.0 Å². The SMILES string of the molecule is COc1cccc(NC(N)=NCC(OC)c2ccccc2Cl)c1.I. The van der Waals surface area contributed by atoms with Crippen LogP contribution < -0.4 is 15.8 Å². The van der Waals surface area contributed by atoms with Gasteiger partial charge in [0.1, 0.15) is 11.9 Å². The monoisotopic (exact) mass is 461 g/mol. The Morgan fingerprint density at radius 1 is 1.21 bits per heavy atom. The van der Waals surface area contributed by atoms with Crippen molar-refractivity contribution in [3.05, 3.63) is 59.1 Å². The van der Waals surface area contributed by atoms with Crippen LogP contribution in [0.2, 0.25) is 5.02 Å². The number of halogens is 2. The predicted molar refractivity (Wildman–Crippen MR) is 110 cm³/mol. The first-order chi connectivity index (χ1) is 11.1. The molecular weight excluding hydrogens is 441 g/mol. The number of ether oxygens (including phenoxy) is 2. The second-order valence-corrected chi connectivity index (χ2v) is 5.24. The Morgan fingerprint density at radius 2 is 1.96 bits per heavy atom. The molecule has 7 heteroatoms. The van der Waals surface area contributed by atoms with Gasteiger partial charge in [0.05, 0.1) is 13.7 Å². The Hall–Kier alpha value is -1.51. The van der Waals surface area contributed by atoms with Crippen LogP contribution in [0.5, 0.6) is 5.75 Å². The van der Waals surface area contributed by atoms with Gasteiger partial charge in [0.2, 0.25) is 0 Å². The summed E-state index contributed by atoms with van der Waals surface area (Å²) in [5.74, 6) is 1.04. The summed E-state index contributed by atoms with van der Waals surface area (Å²) in [7, 11) is 3.23. The van der Waals surface area contributed by atoms with Crippen molar-refractivity contribution in [1.82, 2.24) is 0 Å². The number of methoxy groups -OCH3 is 2. The fraction of sp³-hybridized carbons (Fsp3) is 0.235. The predicted octanol–water partition coefficient (Wildman–Crippen LogP) is 4.08. The molecule has 5 nitrogen and oxygen atoms in total. The van der Waals surface area contributed by atoms with Crippen molar-refractivity contribution in [3.63, 3.8) is 0 Å². The van der Waals surface area contributed by atoms with E-state index in [2.05, 4.69) is 10.3 Å². The zero-order valence-electron chi connectivity index (χ0n) is 13.5. The van der Waals surface area contributed by atoms with Gasteiger partial charge in [0.15, 0.2) is 5.96 Å². The summed E-state index contributed by atoms with van der Waals surface area (Å²) in [5.41, 5.74) is 7.61. The molecule has 0 radical (unpaired) electrons. The molecule has 0 aliphatic carbocycles. The van der Waals surface area contributed by atoms with E-state index in [-0.39, 0.29) is 30.1 Å². The number of aliphatic imine (C=N–C) groups is 1. The highest BCUT2D eigenvalue weighted by Crippen LogP contribution is 2.25. The molecule has 0 amide bonds. The molecule has 2 aromatic rings. The van der Waals surface area contributed by atoms with Crippen molar-refractivity contribution in [3.8, 4) is 5.75 Å². The summed E-state index contributed by atoms with van der Waals surface area (Å²) < 4.78 is 10.6. The van der Waals surface area contributed by atoms with Gasteiger partial charge in [-0.05, 0) is 18.2 Å². The zero-order valence-corrected chi connectivity index (χ0v) is 16.6. The Balaban J connectivity index is 0.00000288. The van der Waals surface area contributed by atoms with Crippen molar-refractivity contribution < 1.29 is 9.47 Å². The minimum atomic E-state index is -0.255. The summed E-state index contributed by atoms with van der Waals surface area (Å²) in [6, 6.07) is 15.0. The molecule has 0 saturated carbocycles. The van der Waals surface area contributed by atoms with Crippen LogP contribution in [0.3, 0.4) is 0 Å². The molecule has 3 N–H and O–H groups in total. The lowest BCUT2D eigenvalue weighted by Crippen LogP contribution is -2.24. The normalized spacial score (nSPS) is 12.2. The molecule has 0 bridgehead atoms. The van der Waals surface area contributed by atoms with E-state index < -0.39 is 0 Å². The standard InChI is InChI=1S/C17H20ClN3O2.HI/c1-22-13-7-5-6-12(10-13)21-17(19)20-11-16(23-2)14-8-3-4-9-15(14)18;/h3-10,16H,11H2,1-2H3,(H3,19,20,21);1H. The summed E-state index contributed by atoms with van der Waals surface area (Å²) in [6.45, 7) is 0.364. The lowest BCUT2D eigenvalue weighted by atomic mass is 10.1. The van der Waals surface area contributed by atoms with Gasteiger partial charge in [-0.2, -0.15) is 0 Å². The molecule has 0 fully saturated rings. The molecule has 2 rings (SSSR count). The molecule has 0 aliphatic heterocycles. The molecule has 24 heavy (non-hydrogen) atoms. The van der Waals surface area contributed by atoms with E-state index in [1.165, 1.54) is 0 Å². The van der Waals surface area contributed by atoms with Crippen LogP contribution in [0.4, 0.5) is 5.69 Å². The van der Waals surface area contributed by atoms with Gasteiger partial charge >= 0.3 is 0 Å². The van der Waals surface area contributed by atoms with E-state index in [0.717, 1.165) is 17.0 Å². The van der Waals surface area contributed by atoms with E-state index in [4.69, 9.17) is 26.8 Å². The van der Waals surface area contributed by atoms with Gasteiger partial charge in [-0.3, -0.25) is 4.99 Å². The summed E-state index contributed by atoms with van der Waals surface area (Å²) in [5, 5.41) is 3.67. The van der Waals surface area contributed by atoms with E-state index in [1.54, 1.807) is 14.2 Å². The second kappa shape index (κ2) is 10.4. The molecule has 0 heterocycles. The summed E-state index contributed by atoms with van der Waals surface area (Å²) in [6.07, 6.45) is -0.255. The molecule has 130 valence electrons. The molecule has 1 unspecified atom stereocenters. The Morgan fingerprint density at radius 3 is 2.62 bits per heavy atom. The number of hydrogen-bond donors (Lipinski definition) is 2. The summed E-state index contributed by atoms with van der Waals surface area (Å²) >= 11 is 6.19. The van der Waals surface area contributed by atoms with Crippen LogP contribution in [0.15, 0.2) is 53.5 Å². The van der Waals surface area contributed by atoms with Crippen molar-refractivity contribution >= 4 is 47.2 Å². The van der Waals surface area contributed by atoms with Crippen LogP contribution in [-0.2, 0) is 4.74 Å². The van der Waals surface area contributed by atoms with Crippen LogP contribution in [0, 0.1) is 0 Å². The molecule has 2 aromatic carbocycles. The largest absolute Gasteiger partial charge is 0.497 e. The molecular formula is C17H21ClIN3O2. The fourth-order valence-electron chi connectivity index (χ4n) is 2.11. The molecule has 0 aromatic heterocycles. The summed E-state index contributed by atoms with van der Waals surface area (Å²) in [4.78, 5) is 4.32. The first-order valence-electron chi connectivity index (χ1n) is 7.12. The first kappa shape index (κ1) is 20.5. The average Bonchev–Trinajstić information content (AvgIpc) is 2.57. The molecule has 1 atom stereocenters. The molecule has 0 saturated heterocycles. The number of nitrogens with one attached hydrogen (secondary N) is 1. The maximum atomic E-state index is 6.19. The highest BCUT2D eigenvalue weighted by Gasteiger charge is 2.13. The van der Waals surface area contributed by atoms with Gasteiger partial charge < -0.3 is 20.5 Å². The Labute approximate surface area is 164 Å². The van der Waals surface area contributed by atoms with Gasteiger partial charge in [0.25, 0.3) is 0 Å². The van der Waals surface area contributed by atoms with E-state index in [1.807, 2.05) is 48.5 Å². The Kier molecular flexibility index (Phi) is 8.88. The Bertz CT molecular complexity index is 682. The molecule has 0 aliphatic rings. The van der Waals surface area contributed by atoms with Crippen molar-refractivity contribution in [2.24, 2.45) is 10.7 Å². The van der Waals surface area contributed by atoms with Crippen molar-refractivity contribution in [1.29, 1.82) is 0 Å². The van der Waals surface area contributed by atoms with Gasteiger partial charge in [-0.25, -0.2) is 0 Å². The van der Waals surface area contributed by atoms with Crippen molar-refractivity contribution in [2.45, 2.75) is 6.10 Å². The van der Waals surface area contributed by atoms with Gasteiger partial charge in [0, 0.05) is 29.4 Å². The smallest absolute Gasteiger partial charge is 0.193 e. The average molecular weight is 462 g/mol. The number of rotatable bonds is 6. The second-order valence-electron chi connectivity index (χ2n) is 4.83. The van der Waals surface area contributed by atoms with E-state index in [0.29, 0.717) is 17.5 Å². The number of anilines is 1. The minimum Gasteiger partial charge on any atom is -0.497 e. The number of nitrogens with two attached hydrogens (primary N) is 1. The minimum absolute atomic E-state index is 0. The zero-order chi connectivity index (χ0) is 16.7. The number of benzene rings is 2. The third kappa shape index (κ3) is 5.85. The topological polar surface area (TPSA) is 68.9 Å². The van der Waals surface area contributed by atoms with E-state index in [9.17, 15) is 0 Å². The third-order valence-corrected chi connectivity index (χ3v) is 3.65. The first-order valence-corrected chi connectivity index (χ1v) is 7.50. The third-order valence-electron chi connectivity index (χ3n) is 3.31. The highest BCUT2D eigenvalue weighted by molar-refractivity contribution is 14.0. The van der Waals surface area contributed by atoms with Gasteiger partial charge in [-0.1, -0.05) is 35.9 Å². The fourth-order valence-corrected chi connectivity index (χ4v) is 2.36. The maximum absolute atomic E-state index is 6.19. The maximum Gasteiger partial charge on any atom is 0.193 e. The van der Waals surface area contributed by atoms with Crippen LogP contribution in [-0.4, -0.2) is 26.7 Å². The van der Waals surface area contributed by atoms with E-state index >= 15 is 0 Å². The number of nitrogens with zero attached hydrogens (tertiary/aromatic N) is 1. The van der Waals surface area contributed by atoms with Crippen LogP contribution >= 0.6 is 35.6 Å². The van der Waals surface area contributed by atoms with Crippen molar-refractivity contribution in [2.75, 3.05) is 26.1 Å². The lowest BCUT2D eigenvalue weighted by molar-refractivity contribution is 0.111. The molecule has 0 spiro atoms.